The van der Waals surface area contributed by atoms with E-state index in [1.807, 2.05) is 31.2 Å². The van der Waals surface area contributed by atoms with Gasteiger partial charge in [-0.3, -0.25) is 4.79 Å². The molecule has 0 aliphatic rings. The third-order valence-electron chi connectivity index (χ3n) is 2.73. The first-order valence-corrected chi connectivity index (χ1v) is 5.91. The molecule has 1 amide bonds. The second-order valence-electron chi connectivity index (χ2n) is 4.18. The molecular formula is C15H15N3O. The fourth-order valence-corrected chi connectivity index (χ4v) is 1.59. The standard InChI is InChI=1S/C15H15N3O/c1-11-4-2-3-5-13(11)10-17-18-15(19)12-6-8-14(16)9-7-12/h2-10H,16H2,1H3,(H,18,19). The van der Waals surface area contributed by atoms with E-state index in [0.29, 0.717) is 11.3 Å². The van der Waals surface area contributed by atoms with Crippen LogP contribution in [0.25, 0.3) is 0 Å². The van der Waals surface area contributed by atoms with Gasteiger partial charge in [0.25, 0.3) is 5.91 Å². The first-order chi connectivity index (χ1) is 9.16. The molecule has 0 radical (unpaired) electrons. The Balaban J connectivity index is 2.01. The van der Waals surface area contributed by atoms with E-state index in [4.69, 9.17) is 5.73 Å². The molecule has 0 aromatic heterocycles. The Hall–Kier alpha value is -2.62. The summed E-state index contributed by atoms with van der Waals surface area (Å²) in [7, 11) is 0. The van der Waals surface area contributed by atoms with Crippen molar-refractivity contribution in [3.8, 4) is 0 Å². The Morgan fingerprint density at radius 1 is 1.16 bits per heavy atom. The Morgan fingerprint density at radius 3 is 2.53 bits per heavy atom. The predicted octanol–water partition coefficient (Wildman–Crippen LogP) is 2.34. The summed E-state index contributed by atoms with van der Waals surface area (Å²) in [6, 6.07) is 14.5. The topological polar surface area (TPSA) is 67.5 Å². The van der Waals surface area contributed by atoms with Crippen molar-refractivity contribution in [2.45, 2.75) is 6.92 Å². The fraction of sp³-hybridized carbons (Fsp3) is 0.0667. The summed E-state index contributed by atoms with van der Waals surface area (Å²) in [6.45, 7) is 1.99. The zero-order valence-electron chi connectivity index (χ0n) is 10.6. The van der Waals surface area contributed by atoms with Crippen molar-refractivity contribution in [3.63, 3.8) is 0 Å². The molecule has 2 aromatic rings. The highest BCUT2D eigenvalue weighted by molar-refractivity contribution is 5.95. The molecule has 19 heavy (non-hydrogen) atoms. The first kappa shape index (κ1) is 12.8. The van der Waals surface area contributed by atoms with Gasteiger partial charge in [-0.05, 0) is 42.3 Å². The first-order valence-electron chi connectivity index (χ1n) is 5.91. The number of benzene rings is 2. The minimum atomic E-state index is -0.259. The summed E-state index contributed by atoms with van der Waals surface area (Å²) in [4.78, 5) is 11.8. The largest absolute Gasteiger partial charge is 0.399 e. The van der Waals surface area contributed by atoms with E-state index < -0.39 is 0 Å². The summed E-state index contributed by atoms with van der Waals surface area (Å²) >= 11 is 0. The van der Waals surface area contributed by atoms with Crippen LogP contribution >= 0.6 is 0 Å². The SMILES string of the molecule is Cc1ccccc1C=NNC(=O)c1ccc(N)cc1. The van der Waals surface area contributed by atoms with Gasteiger partial charge >= 0.3 is 0 Å². The lowest BCUT2D eigenvalue weighted by Gasteiger charge is -2.01. The number of nitrogens with one attached hydrogen (secondary N) is 1. The predicted molar refractivity (Wildman–Crippen MR) is 77.1 cm³/mol. The van der Waals surface area contributed by atoms with Gasteiger partial charge in [-0.15, -0.1) is 0 Å². The van der Waals surface area contributed by atoms with Crippen LogP contribution < -0.4 is 11.2 Å². The lowest BCUT2D eigenvalue weighted by Crippen LogP contribution is -2.17. The van der Waals surface area contributed by atoms with Crippen molar-refractivity contribution < 1.29 is 4.79 Å². The van der Waals surface area contributed by atoms with E-state index >= 15 is 0 Å². The molecule has 0 atom stereocenters. The monoisotopic (exact) mass is 253 g/mol. The number of carbonyl (C=O) groups excluding carboxylic acids is 1. The minimum Gasteiger partial charge on any atom is -0.399 e. The molecule has 0 aliphatic heterocycles. The number of hydrogen-bond acceptors (Lipinski definition) is 3. The van der Waals surface area contributed by atoms with Gasteiger partial charge < -0.3 is 5.73 Å². The van der Waals surface area contributed by atoms with Crippen molar-refractivity contribution in [1.82, 2.24) is 5.43 Å². The molecule has 0 aliphatic carbocycles. The zero-order valence-corrected chi connectivity index (χ0v) is 10.6. The van der Waals surface area contributed by atoms with Crippen molar-refractivity contribution >= 4 is 17.8 Å². The van der Waals surface area contributed by atoms with Gasteiger partial charge in [0.2, 0.25) is 0 Å². The average molecular weight is 253 g/mol. The fourth-order valence-electron chi connectivity index (χ4n) is 1.59. The molecule has 96 valence electrons. The molecule has 0 spiro atoms. The number of carbonyl (C=O) groups is 1. The number of nitrogen functional groups attached to an aromatic ring is 1. The molecular weight excluding hydrogens is 238 g/mol. The smallest absolute Gasteiger partial charge is 0.271 e. The number of nitrogens with zero attached hydrogens (tertiary/aromatic N) is 1. The molecule has 0 fully saturated rings. The van der Waals surface area contributed by atoms with E-state index in [9.17, 15) is 4.79 Å². The van der Waals surface area contributed by atoms with Crippen molar-refractivity contribution in [2.75, 3.05) is 5.73 Å². The maximum absolute atomic E-state index is 11.8. The Morgan fingerprint density at radius 2 is 1.84 bits per heavy atom. The van der Waals surface area contributed by atoms with Gasteiger partial charge in [-0.1, -0.05) is 24.3 Å². The Bertz CT molecular complexity index is 603. The lowest BCUT2D eigenvalue weighted by molar-refractivity contribution is 0.0955. The van der Waals surface area contributed by atoms with Gasteiger partial charge in [0.05, 0.1) is 6.21 Å². The van der Waals surface area contributed by atoms with Crippen LogP contribution in [0.15, 0.2) is 53.6 Å². The molecule has 2 rings (SSSR count). The van der Waals surface area contributed by atoms with Crippen molar-refractivity contribution in [2.24, 2.45) is 5.10 Å². The third-order valence-corrected chi connectivity index (χ3v) is 2.73. The second-order valence-corrected chi connectivity index (χ2v) is 4.18. The molecule has 2 aromatic carbocycles. The molecule has 0 saturated carbocycles. The average Bonchev–Trinajstić information content (AvgIpc) is 2.41. The summed E-state index contributed by atoms with van der Waals surface area (Å²) in [6.07, 6.45) is 1.63. The molecule has 3 N–H and O–H groups in total. The van der Waals surface area contributed by atoms with Gasteiger partial charge in [0.1, 0.15) is 0 Å². The highest BCUT2D eigenvalue weighted by atomic mass is 16.2. The molecule has 0 heterocycles. The van der Waals surface area contributed by atoms with Gasteiger partial charge in [0.15, 0.2) is 0 Å². The van der Waals surface area contributed by atoms with Crippen LogP contribution in [0.3, 0.4) is 0 Å². The highest BCUT2D eigenvalue weighted by Crippen LogP contribution is 2.05. The van der Waals surface area contributed by atoms with E-state index in [2.05, 4.69) is 10.5 Å². The van der Waals surface area contributed by atoms with Crippen LogP contribution in [-0.2, 0) is 0 Å². The van der Waals surface area contributed by atoms with Gasteiger partial charge in [-0.25, -0.2) is 5.43 Å². The summed E-state index contributed by atoms with van der Waals surface area (Å²) in [5.41, 5.74) is 11.3. The highest BCUT2D eigenvalue weighted by Gasteiger charge is 2.02. The minimum absolute atomic E-state index is 0.259. The maximum Gasteiger partial charge on any atom is 0.271 e. The van der Waals surface area contributed by atoms with Crippen LogP contribution in [-0.4, -0.2) is 12.1 Å². The number of aryl methyl sites for hydroxylation is 1. The summed E-state index contributed by atoms with van der Waals surface area (Å²) in [5, 5.41) is 3.95. The molecule has 0 unspecified atom stereocenters. The van der Waals surface area contributed by atoms with Crippen LogP contribution in [0.5, 0.6) is 0 Å². The number of amides is 1. The van der Waals surface area contributed by atoms with E-state index in [1.54, 1.807) is 30.5 Å². The van der Waals surface area contributed by atoms with Gasteiger partial charge in [-0.2, -0.15) is 5.10 Å². The maximum atomic E-state index is 11.8. The molecule has 0 saturated heterocycles. The molecule has 0 bridgehead atoms. The number of hydrazone groups is 1. The zero-order chi connectivity index (χ0) is 13.7. The normalized spacial score (nSPS) is 10.6. The van der Waals surface area contributed by atoms with E-state index in [1.165, 1.54) is 0 Å². The van der Waals surface area contributed by atoms with Gasteiger partial charge in [0, 0.05) is 11.3 Å². The van der Waals surface area contributed by atoms with E-state index in [0.717, 1.165) is 11.1 Å². The Kier molecular flexibility index (Phi) is 3.93. The summed E-state index contributed by atoms with van der Waals surface area (Å²) in [5.74, 6) is -0.259. The number of hydrogen-bond donors (Lipinski definition) is 2. The third kappa shape index (κ3) is 3.42. The Labute approximate surface area is 112 Å². The van der Waals surface area contributed by atoms with Crippen LogP contribution in [0.4, 0.5) is 5.69 Å². The van der Waals surface area contributed by atoms with Crippen LogP contribution in [0.2, 0.25) is 0 Å². The van der Waals surface area contributed by atoms with E-state index in [-0.39, 0.29) is 5.91 Å². The summed E-state index contributed by atoms with van der Waals surface area (Å²) < 4.78 is 0. The van der Waals surface area contributed by atoms with Crippen molar-refractivity contribution in [3.05, 3.63) is 65.2 Å². The molecule has 4 heteroatoms. The van der Waals surface area contributed by atoms with Crippen LogP contribution in [0, 0.1) is 6.92 Å². The molecule has 4 nitrogen and oxygen atoms in total. The number of rotatable bonds is 3. The van der Waals surface area contributed by atoms with Crippen LogP contribution in [0.1, 0.15) is 21.5 Å². The second kappa shape index (κ2) is 5.82. The number of nitrogens with two attached hydrogens (primary N) is 1. The van der Waals surface area contributed by atoms with Crippen molar-refractivity contribution in [1.29, 1.82) is 0 Å². The lowest BCUT2D eigenvalue weighted by atomic mass is 10.1. The number of anilines is 1. The quantitative estimate of drug-likeness (QED) is 0.501.